The average molecular weight is 432 g/mol. The molecule has 1 fully saturated rings. The van der Waals surface area contributed by atoms with Crippen LogP contribution in [0.3, 0.4) is 0 Å². The van der Waals surface area contributed by atoms with E-state index in [0.717, 1.165) is 24.2 Å². The summed E-state index contributed by atoms with van der Waals surface area (Å²) < 4.78 is 0. The first-order chi connectivity index (χ1) is 14.8. The summed E-state index contributed by atoms with van der Waals surface area (Å²) in [7, 11) is 0. The van der Waals surface area contributed by atoms with Crippen molar-refractivity contribution in [3.05, 3.63) is 70.1 Å². The standard InChI is InChI=1S/C26H29N3OS/c1-6-18-8-11-20(12-9-18)27-25-28-24(30)23(31-25)15-19-10-13-22-21(14-19)17(3)16-26(4,5)29(22)7-2/h8-16H,6-7H2,1-5H3,(H,27,28,30)/b23-15-. The Morgan fingerprint density at radius 1 is 1.13 bits per heavy atom. The van der Waals surface area contributed by atoms with E-state index in [1.807, 2.05) is 18.2 Å². The van der Waals surface area contributed by atoms with Crippen LogP contribution in [-0.2, 0) is 11.2 Å². The number of fused-ring (bicyclic) bond motifs is 1. The number of amides is 1. The molecule has 2 heterocycles. The molecular formula is C26H29N3OS. The fourth-order valence-electron chi connectivity index (χ4n) is 4.32. The van der Waals surface area contributed by atoms with Crippen LogP contribution in [0.15, 0.2) is 58.4 Å². The number of thioether (sulfide) groups is 1. The molecule has 2 aliphatic rings. The number of carbonyl (C=O) groups is 1. The third-order valence-electron chi connectivity index (χ3n) is 5.84. The molecule has 2 aromatic carbocycles. The highest BCUT2D eigenvalue weighted by Gasteiger charge is 2.30. The van der Waals surface area contributed by atoms with E-state index >= 15 is 0 Å². The van der Waals surface area contributed by atoms with Crippen LogP contribution < -0.4 is 10.2 Å². The topological polar surface area (TPSA) is 44.7 Å². The van der Waals surface area contributed by atoms with Gasteiger partial charge in [0.1, 0.15) is 0 Å². The third-order valence-corrected chi connectivity index (χ3v) is 6.75. The molecule has 0 saturated carbocycles. The molecule has 0 bridgehead atoms. The van der Waals surface area contributed by atoms with Gasteiger partial charge in [0.25, 0.3) is 5.91 Å². The van der Waals surface area contributed by atoms with Crippen molar-refractivity contribution in [3.63, 3.8) is 0 Å². The Bertz CT molecular complexity index is 1110. The molecule has 0 aromatic heterocycles. The molecule has 160 valence electrons. The number of allylic oxidation sites excluding steroid dienone is 1. The molecule has 1 amide bonds. The maximum Gasteiger partial charge on any atom is 0.264 e. The Morgan fingerprint density at radius 3 is 2.55 bits per heavy atom. The lowest BCUT2D eigenvalue weighted by Crippen LogP contribution is -2.44. The number of benzene rings is 2. The maximum atomic E-state index is 12.5. The smallest absolute Gasteiger partial charge is 0.264 e. The second-order valence-corrected chi connectivity index (χ2v) is 9.53. The van der Waals surface area contributed by atoms with E-state index in [0.29, 0.717) is 10.1 Å². The summed E-state index contributed by atoms with van der Waals surface area (Å²) in [6.07, 6.45) is 5.27. The van der Waals surface area contributed by atoms with Crippen LogP contribution in [0.1, 0.15) is 51.3 Å². The second-order valence-electron chi connectivity index (χ2n) is 8.50. The number of anilines is 1. The van der Waals surface area contributed by atoms with Crippen molar-refractivity contribution in [3.8, 4) is 0 Å². The second kappa shape index (κ2) is 8.39. The van der Waals surface area contributed by atoms with Gasteiger partial charge in [-0.05, 0) is 92.9 Å². The molecular weight excluding hydrogens is 402 g/mol. The molecule has 31 heavy (non-hydrogen) atoms. The predicted octanol–water partition coefficient (Wildman–Crippen LogP) is 6.16. The molecule has 0 aliphatic carbocycles. The molecule has 1 N–H and O–H groups in total. The number of nitrogens with one attached hydrogen (secondary N) is 1. The largest absolute Gasteiger partial charge is 0.363 e. The number of carbonyl (C=O) groups excluding carboxylic acids is 1. The van der Waals surface area contributed by atoms with Crippen molar-refractivity contribution >= 4 is 45.9 Å². The summed E-state index contributed by atoms with van der Waals surface area (Å²) in [5.74, 6) is -0.102. The number of rotatable bonds is 4. The minimum atomic E-state index is -0.102. The highest BCUT2D eigenvalue weighted by Crippen LogP contribution is 2.39. The van der Waals surface area contributed by atoms with E-state index in [-0.39, 0.29) is 11.4 Å². The van der Waals surface area contributed by atoms with Gasteiger partial charge in [-0.1, -0.05) is 31.2 Å². The number of aryl methyl sites for hydroxylation is 1. The highest BCUT2D eigenvalue weighted by atomic mass is 32.2. The zero-order valence-electron chi connectivity index (χ0n) is 18.8. The Labute approximate surface area is 189 Å². The van der Waals surface area contributed by atoms with Gasteiger partial charge in [-0.25, -0.2) is 4.99 Å². The summed E-state index contributed by atoms with van der Waals surface area (Å²) in [5, 5.41) is 3.50. The quantitative estimate of drug-likeness (QED) is 0.590. The Morgan fingerprint density at radius 2 is 1.87 bits per heavy atom. The van der Waals surface area contributed by atoms with E-state index in [4.69, 9.17) is 0 Å². The average Bonchev–Trinajstić information content (AvgIpc) is 3.07. The number of aliphatic imine (C=N–C) groups is 1. The van der Waals surface area contributed by atoms with Gasteiger partial charge in [0.05, 0.1) is 16.1 Å². The zero-order chi connectivity index (χ0) is 22.2. The molecule has 0 unspecified atom stereocenters. The molecule has 0 radical (unpaired) electrons. The van der Waals surface area contributed by atoms with Gasteiger partial charge >= 0.3 is 0 Å². The summed E-state index contributed by atoms with van der Waals surface area (Å²) >= 11 is 1.39. The van der Waals surface area contributed by atoms with E-state index < -0.39 is 0 Å². The number of hydrogen-bond donors (Lipinski definition) is 1. The van der Waals surface area contributed by atoms with Crippen LogP contribution in [-0.4, -0.2) is 23.2 Å². The van der Waals surface area contributed by atoms with Gasteiger partial charge in [-0.3, -0.25) is 4.79 Å². The molecule has 0 spiro atoms. The number of nitrogens with zero attached hydrogens (tertiary/aromatic N) is 2. The van der Waals surface area contributed by atoms with Crippen LogP contribution in [0.5, 0.6) is 0 Å². The minimum Gasteiger partial charge on any atom is -0.363 e. The first kappa shape index (κ1) is 21.4. The van der Waals surface area contributed by atoms with E-state index in [9.17, 15) is 4.79 Å². The highest BCUT2D eigenvalue weighted by molar-refractivity contribution is 8.18. The lowest BCUT2D eigenvalue weighted by Gasteiger charge is -2.42. The van der Waals surface area contributed by atoms with Crippen LogP contribution >= 0.6 is 11.8 Å². The molecule has 1 saturated heterocycles. The molecule has 5 heteroatoms. The summed E-state index contributed by atoms with van der Waals surface area (Å²) in [6.45, 7) is 11.9. The van der Waals surface area contributed by atoms with Gasteiger partial charge < -0.3 is 10.2 Å². The van der Waals surface area contributed by atoms with Crippen molar-refractivity contribution in [2.45, 2.75) is 46.6 Å². The maximum absolute atomic E-state index is 12.5. The van der Waals surface area contributed by atoms with Crippen LogP contribution in [0.2, 0.25) is 0 Å². The molecule has 0 atom stereocenters. The predicted molar refractivity (Wildman–Crippen MR) is 134 cm³/mol. The van der Waals surface area contributed by atoms with E-state index in [1.165, 1.54) is 34.1 Å². The van der Waals surface area contributed by atoms with Gasteiger partial charge in [0, 0.05) is 17.8 Å². The fourth-order valence-corrected chi connectivity index (χ4v) is 5.17. The first-order valence-electron chi connectivity index (χ1n) is 10.8. The van der Waals surface area contributed by atoms with Gasteiger partial charge in [-0.2, -0.15) is 0 Å². The monoisotopic (exact) mass is 431 g/mol. The lowest BCUT2D eigenvalue weighted by molar-refractivity contribution is -0.115. The number of hydrogen-bond acceptors (Lipinski definition) is 4. The molecule has 2 aliphatic heterocycles. The molecule has 4 nitrogen and oxygen atoms in total. The molecule has 4 rings (SSSR count). The van der Waals surface area contributed by atoms with Crippen molar-refractivity contribution in [2.75, 3.05) is 11.4 Å². The van der Waals surface area contributed by atoms with E-state index in [1.54, 1.807) is 0 Å². The third kappa shape index (κ3) is 4.33. The SMILES string of the molecule is CCc1ccc(N=C2NC(=O)/C(=C/c3ccc4c(c3)C(C)=CC(C)(C)N4CC)S2)cc1. The number of amidine groups is 1. The first-order valence-corrected chi connectivity index (χ1v) is 11.6. The van der Waals surface area contributed by atoms with Gasteiger partial charge in [-0.15, -0.1) is 0 Å². The van der Waals surface area contributed by atoms with Gasteiger partial charge in [0.2, 0.25) is 0 Å². The zero-order valence-corrected chi connectivity index (χ0v) is 19.6. The van der Waals surface area contributed by atoms with Crippen molar-refractivity contribution in [2.24, 2.45) is 4.99 Å². The lowest BCUT2D eigenvalue weighted by atomic mass is 9.88. The van der Waals surface area contributed by atoms with Crippen LogP contribution in [0, 0.1) is 0 Å². The normalized spacial score (nSPS) is 20.1. The van der Waals surface area contributed by atoms with Crippen LogP contribution in [0.4, 0.5) is 11.4 Å². The fraction of sp³-hybridized carbons (Fsp3) is 0.308. The van der Waals surface area contributed by atoms with Crippen molar-refractivity contribution in [1.82, 2.24) is 5.32 Å². The van der Waals surface area contributed by atoms with Crippen molar-refractivity contribution < 1.29 is 4.79 Å². The Hall–Kier alpha value is -2.79. The Kier molecular flexibility index (Phi) is 5.80. The van der Waals surface area contributed by atoms with Gasteiger partial charge in [0.15, 0.2) is 5.17 Å². The number of likely N-dealkylation sites (N-methyl/N-ethyl adjacent to an activating group) is 1. The van der Waals surface area contributed by atoms with Crippen molar-refractivity contribution in [1.29, 1.82) is 0 Å². The van der Waals surface area contributed by atoms with Crippen LogP contribution in [0.25, 0.3) is 11.6 Å². The summed E-state index contributed by atoms with van der Waals surface area (Å²) in [6, 6.07) is 14.6. The summed E-state index contributed by atoms with van der Waals surface area (Å²) in [5.41, 5.74) is 6.88. The Balaban J connectivity index is 1.60. The molecule has 2 aromatic rings. The van der Waals surface area contributed by atoms with E-state index in [2.05, 4.69) is 86.2 Å². The minimum absolute atomic E-state index is 0.00625. The summed E-state index contributed by atoms with van der Waals surface area (Å²) in [4.78, 5) is 20.2.